The first kappa shape index (κ1) is 43.2. The first-order valence-corrected chi connectivity index (χ1v) is 22.6. The fraction of sp³-hybridized carbons (Fsp3) is 0.543. The van der Waals surface area contributed by atoms with Gasteiger partial charge in [-0.3, -0.25) is 23.9 Å². The Labute approximate surface area is 351 Å². The Bertz CT molecular complexity index is 2290. The Kier molecular flexibility index (Phi) is 12.2. The van der Waals surface area contributed by atoms with E-state index in [2.05, 4.69) is 11.6 Å². The van der Waals surface area contributed by atoms with Gasteiger partial charge in [-0.2, -0.15) is 0 Å². The summed E-state index contributed by atoms with van der Waals surface area (Å²) in [5, 5.41) is 0.761. The molecular weight excluding hydrogens is 790 g/mol. The molecular formula is C46H56FN3O9S. The number of allylic oxidation sites excluding steroid dienone is 2. The molecule has 0 radical (unpaired) electrons. The number of pyridine rings is 1. The SMILES string of the molecule is COc1ccc2c(O[C@@H]3C[C@H]4C(=O)C[C@]5(C(=O)NS(=O)(=O)C6CC6)C[C@H]5/C=C\CC[C@H](C)C[C@@H](C)[C@H](CC(=O)OC(C)(C)C)C(=O)N4C3)nc(-c3ccc(F)cc3)cc2c1. The van der Waals surface area contributed by atoms with Crippen molar-refractivity contribution < 1.29 is 46.2 Å². The summed E-state index contributed by atoms with van der Waals surface area (Å²) >= 11 is 0. The highest BCUT2D eigenvalue weighted by Crippen LogP contribution is 2.57. The van der Waals surface area contributed by atoms with Gasteiger partial charge in [0.25, 0.3) is 0 Å². The lowest BCUT2D eigenvalue weighted by Crippen LogP contribution is -2.47. The van der Waals surface area contributed by atoms with Crippen LogP contribution in [-0.4, -0.2) is 78.5 Å². The van der Waals surface area contributed by atoms with Gasteiger partial charge in [-0.05, 0) is 131 Å². The van der Waals surface area contributed by atoms with Gasteiger partial charge in [-0.25, -0.2) is 17.8 Å². The summed E-state index contributed by atoms with van der Waals surface area (Å²) in [4.78, 5) is 63.6. The molecule has 4 aliphatic rings. The number of aromatic nitrogens is 1. The van der Waals surface area contributed by atoms with Crippen LogP contribution in [0.5, 0.6) is 11.6 Å². The second-order valence-corrected chi connectivity index (χ2v) is 20.4. The first-order valence-electron chi connectivity index (χ1n) is 21.0. The summed E-state index contributed by atoms with van der Waals surface area (Å²) in [6.45, 7) is 9.36. The lowest BCUT2D eigenvalue weighted by Gasteiger charge is -2.32. The number of ether oxygens (including phenoxy) is 3. The van der Waals surface area contributed by atoms with Crippen molar-refractivity contribution in [2.45, 2.75) is 115 Å². The molecule has 1 N–H and O–H groups in total. The molecule has 2 aliphatic carbocycles. The predicted octanol–water partition coefficient (Wildman–Crippen LogP) is 7.33. The number of benzene rings is 2. The number of rotatable bonds is 9. The van der Waals surface area contributed by atoms with E-state index in [1.807, 2.05) is 37.3 Å². The minimum absolute atomic E-state index is 0.0129. The third-order valence-electron chi connectivity index (χ3n) is 12.4. The normalized spacial score (nSPS) is 28.1. The highest BCUT2D eigenvalue weighted by atomic mass is 32.2. The number of fused-ring (bicyclic) bond motifs is 3. The van der Waals surface area contributed by atoms with Gasteiger partial charge < -0.3 is 19.1 Å². The van der Waals surface area contributed by atoms with Crippen LogP contribution in [0, 0.1) is 34.9 Å². The van der Waals surface area contributed by atoms with Gasteiger partial charge in [0.15, 0.2) is 5.78 Å². The third kappa shape index (κ3) is 9.69. The highest BCUT2D eigenvalue weighted by molar-refractivity contribution is 7.90. The van der Waals surface area contributed by atoms with Gasteiger partial charge in [0, 0.05) is 23.8 Å². The molecule has 3 fully saturated rings. The summed E-state index contributed by atoms with van der Waals surface area (Å²) in [5.41, 5.74) is -0.922. The van der Waals surface area contributed by atoms with Crippen molar-refractivity contribution in [3.05, 3.63) is 66.5 Å². The van der Waals surface area contributed by atoms with Gasteiger partial charge in [0.2, 0.25) is 27.7 Å². The molecule has 322 valence electrons. The lowest BCUT2D eigenvalue weighted by molar-refractivity contribution is -0.160. The number of methoxy groups -OCH3 is 1. The molecule has 3 aromatic rings. The predicted molar refractivity (Wildman–Crippen MR) is 224 cm³/mol. The highest BCUT2D eigenvalue weighted by Gasteiger charge is 2.61. The monoisotopic (exact) mass is 845 g/mol. The van der Waals surface area contributed by atoms with Crippen LogP contribution in [0.25, 0.3) is 22.0 Å². The van der Waals surface area contributed by atoms with Crippen LogP contribution in [0.2, 0.25) is 0 Å². The second kappa shape index (κ2) is 16.9. The molecule has 3 heterocycles. The number of carbonyl (C=O) groups is 4. The second-order valence-electron chi connectivity index (χ2n) is 18.4. The summed E-state index contributed by atoms with van der Waals surface area (Å²) in [5.74, 6) is -2.80. The minimum atomic E-state index is -3.89. The quantitative estimate of drug-likeness (QED) is 0.171. The smallest absolute Gasteiger partial charge is 0.307 e. The maximum Gasteiger partial charge on any atom is 0.307 e. The Morgan fingerprint density at radius 1 is 1.02 bits per heavy atom. The zero-order chi connectivity index (χ0) is 43.1. The standard InChI is InChI=1S/C46H56FN3O9S/c1-27-9-7-8-10-31-24-46(31,44(54)49-60(55,56)35-16-17-35)25-40(51)39-22-34(26-50(39)43(53)37(28(2)19-27)23-41(52)59-45(3,4)5)58-42-36-18-15-33(57-6)20-30(36)21-38(48-42)29-11-13-32(47)14-12-29/h8,10-15,18,20-21,27-28,31,34-35,37,39H,7,9,16-17,19,22-26H2,1-6H3,(H,49,54)/b10-8-/t27-,28+,31+,34+,37-,39-,46+/m0/s1. The van der Waals surface area contributed by atoms with E-state index in [9.17, 15) is 27.2 Å². The van der Waals surface area contributed by atoms with Crippen LogP contribution < -0.4 is 14.2 Å². The van der Waals surface area contributed by atoms with Crippen LogP contribution in [0.1, 0.15) is 92.4 Å². The molecule has 2 saturated carbocycles. The minimum Gasteiger partial charge on any atom is -0.497 e. The number of carbonyl (C=O) groups excluding carboxylic acids is 4. The largest absolute Gasteiger partial charge is 0.497 e. The van der Waals surface area contributed by atoms with E-state index in [0.29, 0.717) is 54.5 Å². The molecule has 1 aromatic heterocycles. The number of esters is 1. The van der Waals surface area contributed by atoms with E-state index in [4.69, 9.17) is 19.2 Å². The van der Waals surface area contributed by atoms with Crippen molar-refractivity contribution in [3.8, 4) is 22.9 Å². The molecule has 12 nitrogen and oxygen atoms in total. The summed E-state index contributed by atoms with van der Waals surface area (Å²) in [6, 6.07) is 12.2. The number of nitrogens with one attached hydrogen (secondary N) is 1. The summed E-state index contributed by atoms with van der Waals surface area (Å²) < 4.78 is 60.1. The van der Waals surface area contributed by atoms with Gasteiger partial charge >= 0.3 is 5.97 Å². The zero-order valence-electron chi connectivity index (χ0n) is 35.2. The van der Waals surface area contributed by atoms with Crippen molar-refractivity contribution in [2.75, 3.05) is 13.7 Å². The molecule has 0 bridgehead atoms. The molecule has 7 rings (SSSR count). The van der Waals surface area contributed by atoms with Crippen LogP contribution in [0.4, 0.5) is 4.39 Å². The first-order chi connectivity index (χ1) is 28.4. The van der Waals surface area contributed by atoms with Gasteiger partial charge in [-0.15, -0.1) is 0 Å². The van der Waals surface area contributed by atoms with E-state index in [1.165, 1.54) is 17.0 Å². The average molecular weight is 846 g/mol. The number of amides is 2. The van der Waals surface area contributed by atoms with Gasteiger partial charge in [0.1, 0.15) is 23.3 Å². The summed E-state index contributed by atoms with van der Waals surface area (Å²) in [7, 11) is -2.33. The topological polar surface area (TPSA) is 158 Å². The maximum absolute atomic E-state index is 15.0. The molecule has 1 saturated heterocycles. The van der Waals surface area contributed by atoms with E-state index >= 15 is 4.79 Å². The fourth-order valence-electron chi connectivity index (χ4n) is 8.90. The number of sulfonamides is 1. The number of hydrogen-bond acceptors (Lipinski definition) is 10. The van der Waals surface area contributed by atoms with Crippen LogP contribution in [0.15, 0.2) is 60.7 Å². The van der Waals surface area contributed by atoms with Crippen molar-refractivity contribution >= 4 is 44.4 Å². The molecule has 0 unspecified atom stereocenters. The number of ketones is 1. The number of halogens is 1. The van der Waals surface area contributed by atoms with Crippen LogP contribution >= 0.6 is 0 Å². The van der Waals surface area contributed by atoms with Crippen molar-refractivity contribution in [1.29, 1.82) is 0 Å². The molecule has 14 heteroatoms. The van der Waals surface area contributed by atoms with Crippen molar-refractivity contribution in [2.24, 2.45) is 29.1 Å². The molecule has 7 atom stereocenters. The van der Waals surface area contributed by atoms with Gasteiger partial charge in [-0.1, -0.05) is 26.0 Å². The fourth-order valence-corrected chi connectivity index (χ4v) is 10.3. The third-order valence-corrected chi connectivity index (χ3v) is 14.2. The van der Waals surface area contributed by atoms with Gasteiger partial charge in [0.05, 0.1) is 48.4 Å². The van der Waals surface area contributed by atoms with E-state index in [0.717, 1.165) is 11.8 Å². The Balaban J connectivity index is 1.26. The van der Waals surface area contributed by atoms with Crippen molar-refractivity contribution in [3.63, 3.8) is 0 Å². The Morgan fingerprint density at radius 3 is 2.43 bits per heavy atom. The molecule has 60 heavy (non-hydrogen) atoms. The van der Waals surface area contributed by atoms with Crippen molar-refractivity contribution in [1.82, 2.24) is 14.6 Å². The van der Waals surface area contributed by atoms with E-state index in [-0.39, 0.29) is 61.1 Å². The van der Waals surface area contributed by atoms with E-state index in [1.54, 1.807) is 46.1 Å². The molecule has 2 aliphatic heterocycles. The Morgan fingerprint density at radius 2 is 1.75 bits per heavy atom. The summed E-state index contributed by atoms with van der Waals surface area (Å²) in [6.07, 6.45) is 6.18. The lowest BCUT2D eigenvalue weighted by atomic mass is 9.82. The molecule has 2 aromatic carbocycles. The Hall–Kier alpha value is -4.85. The number of hydrogen-bond donors (Lipinski definition) is 1. The number of nitrogens with zero attached hydrogens (tertiary/aromatic N) is 2. The number of Topliss-reactive ketones (excluding diaryl/α,β-unsaturated/α-hetero) is 1. The van der Waals surface area contributed by atoms with E-state index < -0.39 is 62.0 Å². The zero-order valence-corrected chi connectivity index (χ0v) is 36.1. The maximum atomic E-state index is 15.0. The van der Waals surface area contributed by atoms with Crippen LogP contribution in [0.3, 0.4) is 0 Å². The van der Waals surface area contributed by atoms with Crippen LogP contribution in [-0.2, 0) is 33.9 Å². The average Bonchev–Trinajstić information content (AvgIpc) is 4.11. The molecule has 2 amide bonds. The molecule has 0 spiro atoms.